The van der Waals surface area contributed by atoms with E-state index >= 15 is 0 Å². The van der Waals surface area contributed by atoms with Crippen LogP contribution in [0.3, 0.4) is 0 Å². The molecule has 8 heteroatoms. The fraction of sp³-hybridized carbons (Fsp3) is 0.250. The SMILES string of the molecule is O=C1CCC(n2nnc3cccc(C(=O)O)c32)C(=O)N1. The maximum atomic E-state index is 11.9. The first-order chi connectivity index (χ1) is 9.58. The van der Waals surface area contributed by atoms with Gasteiger partial charge in [0, 0.05) is 6.42 Å². The van der Waals surface area contributed by atoms with Gasteiger partial charge < -0.3 is 5.11 Å². The molecule has 1 aromatic heterocycles. The van der Waals surface area contributed by atoms with Crippen molar-refractivity contribution in [3.8, 4) is 0 Å². The second kappa shape index (κ2) is 4.41. The number of aromatic carboxylic acids is 1. The maximum absolute atomic E-state index is 11.9. The summed E-state index contributed by atoms with van der Waals surface area (Å²) in [5.41, 5.74) is 0.710. The summed E-state index contributed by atoms with van der Waals surface area (Å²) in [6, 6.07) is 3.89. The highest BCUT2D eigenvalue weighted by Crippen LogP contribution is 2.24. The third-order valence-corrected chi connectivity index (χ3v) is 3.23. The van der Waals surface area contributed by atoms with Gasteiger partial charge >= 0.3 is 5.97 Å². The molecule has 8 nitrogen and oxygen atoms in total. The standard InChI is InChI=1S/C12H10N4O4/c17-9-5-4-8(11(18)13-9)16-10-6(12(19)20)2-1-3-7(10)14-15-16/h1-3,8H,4-5H2,(H,19,20)(H,13,17,18). The molecular formula is C12H10N4O4. The van der Waals surface area contributed by atoms with E-state index in [9.17, 15) is 19.5 Å². The van der Waals surface area contributed by atoms with Crippen molar-refractivity contribution in [1.82, 2.24) is 20.3 Å². The number of nitrogens with zero attached hydrogens (tertiary/aromatic N) is 3. The smallest absolute Gasteiger partial charge is 0.337 e. The van der Waals surface area contributed by atoms with Crippen molar-refractivity contribution in [2.75, 3.05) is 0 Å². The van der Waals surface area contributed by atoms with Crippen LogP contribution in [0.4, 0.5) is 0 Å². The van der Waals surface area contributed by atoms with Crippen molar-refractivity contribution in [1.29, 1.82) is 0 Å². The molecule has 2 heterocycles. The summed E-state index contributed by atoms with van der Waals surface area (Å²) in [6.45, 7) is 0. The Balaban J connectivity index is 2.15. The van der Waals surface area contributed by atoms with Gasteiger partial charge in [0.15, 0.2) is 0 Å². The Morgan fingerprint density at radius 2 is 2.20 bits per heavy atom. The van der Waals surface area contributed by atoms with E-state index < -0.39 is 17.9 Å². The molecule has 2 aromatic rings. The number of carbonyl (C=O) groups is 3. The number of carboxylic acid groups (broad SMARTS) is 1. The molecule has 2 amide bonds. The third kappa shape index (κ3) is 1.81. The summed E-state index contributed by atoms with van der Waals surface area (Å²) >= 11 is 0. The second-order valence-corrected chi connectivity index (χ2v) is 4.48. The molecule has 1 aliphatic heterocycles. The number of aromatic nitrogens is 3. The lowest BCUT2D eigenvalue weighted by Crippen LogP contribution is -2.42. The van der Waals surface area contributed by atoms with Gasteiger partial charge in [-0.1, -0.05) is 11.3 Å². The highest BCUT2D eigenvalue weighted by molar-refractivity contribution is 6.03. The van der Waals surface area contributed by atoms with E-state index in [1.165, 1.54) is 10.7 Å². The van der Waals surface area contributed by atoms with Gasteiger partial charge in [-0.05, 0) is 18.6 Å². The lowest BCUT2D eigenvalue weighted by molar-refractivity contribution is -0.135. The van der Waals surface area contributed by atoms with E-state index in [1.54, 1.807) is 12.1 Å². The van der Waals surface area contributed by atoms with E-state index in [4.69, 9.17) is 0 Å². The molecule has 2 N–H and O–H groups in total. The summed E-state index contributed by atoms with van der Waals surface area (Å²) in [6.07, 6.45) is 0.462. The van der Waals surface area contributed by atoms with Crippen LogP contribution in [0.5, 0.6) is 0 Å². The fourth-order valence-corrected chi connectivity index (χ4v) is 2.30. The molecular weight excluding hydrogens is 264 g/mol. The van der Waals surface area contributed by atoms with Crippen LogP contribution in [0.25, 0.3) is 11.0 Å². The lowest BCUT2D eigenvalue weighted by atomic mass is 10.1. The molecule has 1 aliphatic rings. The predicted molar refractivity (Wildman–Crippen MR) is 65.9 cm³/mol. The largest absolute Gasteiger partial charge is 0.478 e. The molecule has 0 saturated carbocycles. The van der Waals surface area contributed by atoms with Crippen LogP contribution in [-0.2, 0) is 9.59 Å². The monoisotopic (exact) mass is 274 g/mol. The normalized spacial score (nSPS) is 19.1. The van der Waals surface area contributed by atoms with Crippen LogP contribution in [0.2, 0.25) is 0 Å². The van der Waals surface area contributed by atoms with Crippen LogP contribution < -0.4 is 5.32 Å². The molecule has 102 valence electrons. The average Bonchev–Trinajstić information content (AvgIpc) is 2.82. The number of carboxylic acids is 1. The number of imide groups is 1. The van der Waals surface area contributed by atoms with Crippen molar-refractivity contribution in [2.45, 2.75) is 18.9 Å². The zero-order chi connectivity index (χ0) is 14.3. The number of rotatable bonds is 2. The summed E-state index contributed by atoms with van der Waals surface area (Å²) in [7, 11) is 0. The number of hydrogen-bond acceptors (Lipinski definition) is 5. The molecule has 20 heavy (non-hydrogen) atoms. The van der Waals surface area contributed by atoms with Crippen LogP contribution in [0, 0.1) is 0 Å². The highest BCUT2D eigenvalue weighted by Gasteiger charge is 2.31. The summed E-state index contributed by atoms with van der Waals surface area (Å²) < 4.78 is 1.28. The summed E-state index contributed by atoms with van der Waals surface area (Å²) in [4.78, 5) is 34.3. The van der Waals surface area contributed by atoms with Crippen molar-refractivity contribution in [3.63, 3.8) is 0 Å². The van der Waals surface area contributed by atoms with Crippen LogP contribution >= 0.6 is 0 Å². The summed E-state index contributed by atoms with van der Waals surface area (Å²) in [5, 5.41) is 19.2. The molecule has 0 radical (unpaired) electrons. The fourth-order valence-electron chi connectivity index (χ4n) is 2.30. The number of hydrogen-bond donors (Lipinski definition) is 2. The zero-order valence-electron chi connectivity index (χ0n) is 10.2. The maximum Gasteiger partial charge on any atom is 0.337 e. The van der Waals surface area contributed by atoms with E-state index in [-0.39, 0.29) is 29.8 Å². The van der Waals surface area contributed by atoms with Crippen molar-refractivity contribution < 1.29 is 19.5 Å². The van der Waals surface area contributed by atoms with Gasteiger partial charge in [-0.25, -0.2) is 9.48 Å². The Bertz CT molecular complexity index is 736. The lowest BCUT2D eigenvalue weighted by Gasteiger charge is -2.21. The molecule has 1 atom stereocenters. The average molecular weight is 274 g/mol. The first-order valence-corrected chi connectivity index (χ1v) is 5.99. The highest BCUT2D eigenvalue weighted by atomic mass is 16.4. The molecule has 0 bridgehead atoms. The Hall–Kier alpha value is -2.77. The number of carbonyl (C=O) groups excluding carboxylic acids is 2. The van der Waals surface area contributed by atoms with Crippen LogP contribution in [0.15, 0.2) is 18.2 Å². The van der Waals surface area contributed by atoms with Gasteiger partial charge in [-0.3, -0.25) is 14.9 Å². The minimum atomic E-state index is -1.12. The van der Waals surface area contributed by atoms with Crippen molar-refractivity contribution in [3.05, 3.63) is 23.8 Å². The van der Waals surface area contributed by atoms with Gasteiger partial charge in [0.25, 0.3) is 5.91 Å². The number of nitrogens with one attached hydrogen (secondary N) is 1. The molecule has 0 spiro atoms. The van der Waals surface area contributed by atoms with E-state index in [1.807, 2.05) is 0 Å². The molecule has 3 rings (SSSR count). The molecule has 1 unspecified atom stereocenters. The van der Waals surface area contributed by atoms with E-state index in [0.29, 0.717) is 5.52 Å². The van der Waals surface area contributed by atoms with E-state index in [0.717, 1.165) is 0 Å². The topological polar surface area (TPSA) is 114 Å². The Morgan fingerprint density at radius 3 is 2.90 bits per heavy atom. The quantitative estimate of drug-likeness (QED) is 0.751. The first kappa shape index (κ1) is 12.3. The second-order valence-electron chi connectivity index (χ2n) is 4.48. The van der Waals surface area contributed by atoms with Gasteiger partial charge in [0.05, 0.1) is 5.56 Å². The minimum absolute atomic E-state index is 0.0252. The first-order valence-electron chi connectivity index (χ1n) is 5.99. The Labute approximate surface area is 112 Å². The van der Waals surface area contributed by atoms with Gasteiger partial charge in [0.2, 0.25) is 5.91 Å². The van der Waals surface area contributed by atoms with E-state index in [2.05, 4.69) is 15.6 Å². The van der Waals surface area contributed by atoms with Crippen LogP contribution in [-0.4, -0.2) is 37.9 Å². The van der Waals surface area contributed by atoms with Crippen molar-refractivity contribution >= 4 is 28.8 Å². The molecule has 0 aliphatic carbocycles. The number of fused-ring (bicyclic) bond motifs is 1. The molecule has 1 aromatic carbocycles. The predicted octanol–water partition coefficient (Wildman–Crippen LogP) is 0.107. The van der Waals surface area contributed by atoms with Gasteiger partial charge in [-0.2, -0.15) is 0 Å². The number of para-hydroxylation sites is 1. The number of piperidine rings is 1. The van der Waals surface area contributed by atoms with Gasteiger partial charge in [-0.15, -0.1) is 5.10 Å². The molecule has 1 fully saturated rings. The van der Waals surface area contributed by atoms with Crippen LogP contribution in [0.1, 0.15) is 29.2 Å². The zero-order valence-corrected chi connectivity index (χ0v) is 10.2. The number of amides is 2. The minimum Gasteiger partial charge on any atom is -0.478 e. The Kier molecular flexibility index (Phi) is 2.70. The van der Waals surface area contributed by atoms with Gasteiger partial charge in [0.1, 0.15) is 17.1 Å². The third-order valence-electron chi connectivity index (χ3n) is 3.23. The number of benzene rings is 1. The Morgan fingerprint density at radius 1 is 1.40 bits per heavy atom. The van der Waals surface area contributed by atoms with Crippen molar-refractivity contribution in [2.24, 2.45) is 0 Å². The molecule has 1 saturated heterocycles. The summed E-state index contributed by atoms with van der Waals surface area (Å²) in [5.74, 6) is -1.95.